The quantitative estimate of drug-likeness (QED) is 0.174. The van der Waals surface area contributed by atoms with Gasteiger partial charge in [-0.05, 0) is 67.5 Å². The summed E-state index contributed by atoms with van der Waals surface area (Å²) in [7, 11) is 0.239. The third-order valence-electron chi connectivity index (χ3n) is 6.25. The Morgan fingerprint density at radius 1 is 0.920 bits per heavy atom. The molecule has 0 bridgehead atoms. The van der Waals surface area contributed by atoms with Crippen LogP contribution < -0.4 is 34.5 Å². The fourth-order valence-electron chi connectivity index (χ4n) is 4.43. The van der Waals surface area contributed by atoms with E-state index in [-0.39, 0.29) is 29.2 Å². The van der Waals surface area contributed by atoms with Crippen LogP contribution in [0.15, 0.2) is 30.5 Å². The fourth-order valence-corrected chi connectivity index (χ4v) is 6.17. The van der Waals surface area contributed by atoms with Crippen molar-refractivity contribution in [1.29, 1.82) is 0 Å². The van der Waals surface area contributed by atoms with Crippen molar-refractivity contribution in [3.63, 3.8) is 0 Å². The van der Waals surface area contributed by atoms with Gasteiger partial charge in [-0.3, -0.25) is 23.3 Å². The molecule has 4 rings (SSSR count). The summed E-state index contributed by atoms with van der Waals surface area (Å²) in [4.78, 5) is 27.5. The third-order valence-corrected chi connectivity index (χ3v) is 8.22. The summed E-state index contributed by atoms with van der Waals surface area (Å²) in [5, 5.41) is 5.81. The van der Waals surface area contributed by atoms with E-state index in [1.54, 1.807) is 73.6 Å². The van der Waals surface area contributed by atoms with Gasteiger partial charge in [0.15, 0.2) is 40.3 Å². The molecule has 1 aromatic carbocycles. The number of ether oxygens (including phenoxy) is 4. The van der Waals surface area contributed by atoms with Crippen LogP contribution in [0.25, 0.3) is 0 Å². The molecule has 3 aromatic rings. The number of amides is 1. The van der Waals surface area contributed by atoms with Gasteiger partial charge in [-0.15, -0.1) is 0 Å². The average molecular weight is 723 g/mol. The molecule has 0 atom stereocenters. The molecule has 0 saturated carbocycles. The van der Waals surface area contributed by atoms with Gasteiger partial charge >= 0.3 is 7.82 Å². The van der Waals surface area contributed by atoms with E-state index in [9.17, 15) is 13.8 Å². The van der Waals surface area contributed by atoms with Gasteiger partial charge in [-0.1, -0.05) is 13.8 Å². The second-order valence-electron chi connectivity index (χ2n) is 13.0. The number of nitrogens with zero attached hydrogens (tertiary/aromatic N) is 4. The van der Waals surface area contributed by atoms with Crippen LogP contribution in [0.4, 0.5) is 33.5 Å². The molecule has 3 heterocycles. The van der Waals surface area contributed by atoms with Crippen molar-refractivity contribution >= 4 is 42.8 Å². The first-order chi connectivity index (χ1) is 23.3. The first-order valence-corrected chi connectivity index (χ1v) is 17.3. The van der Waals surface area contributed by atoms with Gasteiger partial charge in [0, 0.05) is 17.8 Å². The number of phosphoric acid groups is 1. The lowest BCUT2D eigenvalue weighted by Gasteiger charge is -2.38. The number of hydrogen-bond acceptors (Lipinski definition) is 14. The van der Waals surface area contributed by atoms with E-state index in [1.165, 1.54) is 27.4 Å². The van der Waals surface area contributed by atoms with Crippen molar-refractivity contribution in [3.8, 4) is 23.0 Å². The summed E-state index contributed by atoms with van der Waals surface area (Å²) in [5.41, 5.74) is -2.64. The van der Waals surface area contributed by atoms with Crippen LogP contribution in [0, 0.1) is 5.82 Å². The molecule has 17 heteroatoms. The van der Waals surface area contributed by atoms with Crippen LogP contribution in [0.2, 0.25) is 0 Å². The Kier molecular flexibility index (Phi) is 12.7. The molecule has 0 aliphatic carbocycles. The summed E-state index contributed by atoms with van der Waals surface area (Å²) >= 11 is 0. The van der Waals surface area contributed by atoms with Crippen molar-refractivity contribution in [2.45, 2.75) is 86.0 Å². The van der Waals surface area contributed by atoms with Crippen LogP contribution in [0.5, 0.6) is 23.0 Å². The minimum atomic E-state index is -4.21. The smallest absolute Gasteiger partial charge is 0.477 e. The Balaban J connectivity index is 0.00000332. The highest BCUT2D eigenvalue weighted by Crippen LogP contribution is 2.56. The van der Waals surface area contributed by atoms with Crippen molar-refractivity contribution in [2.75, 3.05) is 43.6 Å². The Bertz CT molecular complexity index is 1670. The molecular weight excluding hydrogens is 674 g/mol. The number of aromatic nitrogens is 3. The average Bonchev–Trinajstić information content (AvgIpc) is 3.01. The molecule has 1 amide bonds. The van der Waals surface area contributed by atoms with E-state index >= 15 is 0 Å². The first kappa shape index (κ1) is 40.2. The van der Waals surface area contributed by atoms with Crippen molar-refractivity contribution in [1.82, 2.24) is 15.0 Å². The minimum absolute atomic E-state index is 0.0210. The number of methoxy groups -OCH3 is 3. The van der Waals surface area contributed by atoms with E-state index in [2.05, 4.69) is 25.6 Å². The Morgan fingerprint density at radius 3 is 2.02 bits per heavy atom. The molecule has 1 aliphatic heterocycles. The predicted molar refractivity (Wildman–Crippen MR) is 188 cm³/mol. The number of benzene rings is 1. The maximum absolute atomic E-state index is 15.0. The molecule has 276 valence electrons. The number of rotatable bonds is 12. The van der Waals surface area contributed by atoms with Crippen molar-refractivity contribution in [2.24, 2.45) is 0 Å². The molecule has 0 spiro atoms. The SMILES string of the molecule is CC.COc1cc(Nc2ncc(F)c(Nc3ccc4c(n3)N(COP(=O)(OC(C)(C)C)OC(C)(C)C)C(=O)C(C)(C)O4)n2)cc(OC)c1OC. The monoisotopic (exact) mass is 722 g/mol. The van der Waals surface area contributed by atoms with E-state index in [4.69, 9.17) is 32.5 Å². The van der Waals surface area contributed by atoms with Gasteiger partial charge in [0.1, 0.15) is 12.5 Å². The molecule has 15 nitrogen and oxygen atoms in total. The van der Waals surface area contributed by atoms with Crippen molar-refractivity contribution in [3.05, 3.63) is 36.3 Å². The van der Waals surface area contributed by atoms with E-state index in [1.807, 2.05) is 13.8 Å². The maximum Gasteiger partial charge on any atom is 0.477 e. The first-order valence-electron chi connectivity index (χ1n) is 15.8. The molecule has 2 aromatic heterocycles. The molecule has 0 saturated heterocycles. The number of carbonyl (C=O) groups is 1. The molecule has 2 N–H and O–H groups in total. The highest BCUT2D eigenvalue weighted by molar-refractivity contribution is 7.48. The van der Waals surface area contributed by atoms with Crippen LogP contribution in [0.3, 0.4) is 0 Å². The number of carbonyl (C=O) groups excluding carboxylic acids is 1. The highest BCUT2D eigenvalue weighted by Gasteiger charge is 2.44. The van der Waals surface area contributed by atoms with Gasteiger partial charge < -0.3 is 29.6 Å². The van der Waals surface area contributed by atoms with Gasteiger partial charge in [0.05, 0.1) is 38.7 Å². The van der Waals surface area contributed by atoms with E-state index < -0.39 is 43.1 Å². The molecule has 1 aliphatic rings. The lowest BCUT2D eigenvalue weighted by atomic mass is 10.1. The van der Waals surface area contributed by atoms with Crippen LogP contribution in [-0.4, -0.2) is 65.7 Å². The van der Waals surface area contributed by atoms with Gasteiger partial charge in [-0.2, -0.15) is 4.98 Å². The summed E-state index contributed by atoms with van der Waals surface area (Å²) in [6.45, 7) is 16.8. The topological polar surface area (TPSA) is 165 Å². The van der Waals surface area contributed by atoms with Crippen molar-refractivity contribution < 1.29 is 46.3 Å². The zero-order valence-electron chi connectivity index (χ0n) is 30.9. The Labute approximate surface area is 292 Å². The Morgan fingerprint density at radius 2 is 1.50 bits per heavy atom. The second kappa shape index (κ2) is 15.8. The van der Waals surface area contributed by atoms with Gasteiger partial charge in [0.2, 0.25) is 11.7 Å². The number of hydrogen-bond donors (Lipinski definition) is 2. The maximum atomic E-state index is 15.0. The predicted octanol–water partition coefficient (Wildman–Crippen LogP) is 7.77. The van der Waals surface area contributed by atoms with Crippen LogP contribution >= 0.6 is 7.82 Å². The highest BCUT2D eigenvalue weighted by atomic mass is 31.2. The number of anilines is 5. The molecular formula is C33H48FN6O9P. The van der Waals surface area contributed by atoms with Crippen LogP contribution in [0.1, 0.15) is 69.2 Å². The molecule has 0 radical (unpaired) electrons. The number of halogens is 1. The standard InChI is InChI=1S/C31H42FN6O9P.C2H6/c1-29(2,3)46-48(40,47-30(4,5)6)44-17-38-26-20(45-31(7,8)27(38)39)12-13-23(36-26)35-25-19(32)16-33-28(37-25)34-18-14-21(41-9)24(43-11)22(15-18)42-10;1-2/h12-16H,17H2,1-11H3,(H2,33,34,35,36,37);1-2H3. The number of fused-ring (bicyclic) bond motifs is 1. The number of pyridine rings is 1. The lowest BCUT2D eigenvalue weighted by molar-refractivity contribution is -0.133. The van der Waals surface area contributed by atoms with E-state index in [0.717, 1.165) is 11.1 Å². The molecule has 0 fully saturated rings. The second-order valence-corrected chi connectivity index (χ2v) is 14.5. The zero-order valence-corrected chi connectivity index (χ0v) is 31.8. The summed E-state index contributed by atoms with van der Waals surface area (Å²) in [6.07, 6.45) is 0.978. The molecule has 0 unspecified atom stereocenters. The fraction of sp³-hybridized carbons (Fsp3) is 0.515. The largest absolute Gasteiger partial charge is 0.493 e. The summed E-state index contributed by atoms with van der Waals surface area (Å²) in [6, 6.07) is 6.35. The zero-order chi connectivity index (χ0) is 37.7. The lowest BCUT2D eigenvalue weighted by Crippen LogP contribution is -2.53. The van der Waals surface area contributed by atoms with Crippen LogP contribution in [-0.2, 0) is 22.9 Å². The molecule has 50 heavy (non-hydrogen) atoms. The number of nitrogens with one attached hydrogen (secondary N) is 2. The third kappa shape index (κ3) is 10.2. The van der Waals surface area contributed by atoms with Gasteiger partial charge in [-0.25, -0.2) is 18.9 Å². The van der Waals surface area contributed by atoms with Gasteiger partial charge in [0.25, 0.3) is 5.91 Å². The number of phosphoric ester groups is 1. The Hall–Kier alpha value is -4.24. The minimum Gasteiger partial charge on any atom is -0.493 e. The summed E-state index contributed by atoms with van der Waals surface area (Å²) < 4.78 is 67.9. The summed E-state index contributed by atoms with van der Waals surface area (Å²) in [5.74, 6) is 0.0126. The van der Waals surface area contributed by atoms with E-state index in [0.29, 0.717) is 22.9 Å². The normalized spacial score (nSPS) is 14.1.